The number of carbonyl (C=O) groups excluding carboxylic acids is 1. The number of fused-ring (bicyclic) bond motifs is 1. The standard InChI is InChI=1S/C18H13ClF3N3O3/c1-28-14-7-6-10(19)8-12(14)23-15(26)9-25-13-5-3-2-4-11(13)24-16(17(25)27)18(20,21)22/h2-8H,9H2,1H3,(H,23,26). The van der Waals surface area contributed by atoms with Gasteiger partial charge in [0, 0.05) is 5.02 Å². The number of rotatable bonds is 4. The second-order valence-electron chi connectivity index (χ2n) is 5.73. The number of hydrogen-bond acceptors (Lipinski definition) is 4. The molecule has 0 saturated carbocycles. The van der Waals surface area contributed by atoms with E-state index < -0.39 is 29.9 Å². The molecule has 3 rings (SSSR count). The van der Waals surface area contributed by atoms with E-state index in [4.69, 9.17) is 16.3 Å². The Morgan fingerprint density at radius 1 is 1.25 bits per heavy atom. The molecule has 0 saturated heterocycles. The summed E-state index contributed by atoms with van der Waals surface area (Å²) in [5, 5.41) is 2.81. The first kappa shape index (κ1) is 19.7. The van der Waals surface area contributed by atoms with E-state index in [0.717, 1.165) is 4.57 Å². The number of para-hydroxylation sites is 2. The number of nitrogens with one attached hydrogen (secondary N) is 1. The molecule has 146 valence electrons. The van der Waals surface area contributed by atoms with Crippen LogP contribution in [0.1, 0.15) is 5.69 Å². The minimum absolute atomic E-state index is 0.0532. The smallest absolute Gasteiger partial charge is 0.438 e. The van der Waals surface area contributed by atoms with Crippen LogP contribution >= 0.6 is 11.6 Å². The molecular formula is C18H13ClF3N3O3. The lowest BCUT2D eigenvalue weighted by atomic mass is 10.2. The predicted molar refractivity (Wildman–Crippen MR) is 97.6 cm³/mol. The van der Waals surface area contributed by atoms with Crippen LogP contribution in [0.15, 0.2) is 47.3 Å². The van der Waals surface area contributed by atoms with Gasteiger partial charge in [-0.15, -0.1) is 0 Å². The van der Waals surface area contributed by atoms with Crippen molar-refractivity contribution in [2.24, 2.45) is 0 Å². The molecule has 0 aliphatic rings. The van der Waals surface area contributed by atoms with Crippen LogP contribution in [0.25, 0.3) is 11.0 Å². The molecule has 1 aromatic heterocycles. The number of nitrogens with zero attached hydrogens (tertiary/aromatic N) is 2. The number of methoxy groups -OCH3 is 1. The monoisotopic (exact) mass is 411 g/mol. The molecule has 1 heterocycles. The molecule has 3 aromatic rings. The molecule has 0 aliphatic carbocycles. The number of ether oxygens (including phenoxy) is 1. The van der Waals surface area contributed by atoms with Crippen LogP contribution in [0, 0.1) is 0 Å². The van der Waals surface area contributed by atoms with E-state index in [2.05, 4.69) is 10.3 Å². The van der Waals surface area contributed by atoms with Crippen LogP contribution in [0.5, 0.6) is 5.75 Å². The van der Waals surface area contributed by atoms with Crippen molar-refractivity contribution >= 4 is 34.2 Å². The van der Waals surface area contributed by atoms with Crippen molar-refractivity contribution in [3.05, 3.63) is 63.5 Å². The number of hydrogen-bond donors (Lipinski definition) is 1. The number of anilines is 1. The first-order valence-electron chi connectivity index (χ1n) is 7.91. The number of carbonyl (C=O) groups is 1. The van der Waals surface area contributed by atoms with E-state index in [1.165, 1.54) is 43.5 Å². The number of benzene rings is 2. The summed E-state index contributed by atoms with van der Waals surface area (Å²) in [5.41, 5.74) is -2.71. The molecule has 0 aliphatic heterocycles. The van der Waals surface area contributed by atoms with Gasteiger partial charge >= 0.3 is 6.18 Å². The molecular weight excluding hydrogens is 399 g/mol. The molecule has 1 N–H and O–H groups in total. The van der Waals surface area contributed by atoms with Gasteiger partial charge in [0.2, 0.25) is 11.6 Å². The van der Waals surface area contributed by atoms with Gasteiger partial charge in [-0.2, -0.15) is 13.2 Å². The Bertz CT molecular complexity index is 1110. The maximum absolute atomic E-state index is 13.2. The summed E-state index contributed by atoms with van der Waals surface area (Å²) < 4.78 is 45.4. The van der Waals surface area contributed by atoms with Crippen LogP contribution in [-0.4, -0.2) is 22.6 Å². The van der Waals surface area contributed by atoms with Crippen molar-refractivity contribution in [2.45, 2.75) is 12.7 Å². The van der Waals surface area contributed by atoms with Gasteiger partial charge in [0.1, 0.15) is 12.3 Å². The van der Waals surface area contributed by atoms with E-state index in [1.54, 1.807) is 6.07 Å². The Morgan fingerprint density at radius 2 is 1.96 bits per heavy atom. The normalized spacial score (nSPS) is 11.5. The highest BCUT2D eigenvalue weighted by atomic mass is 35.5. The summed E-state index contributed by atoms with van der Waals surface area (Å²) in [6.45, 7) is -0.652. The fourth-order valence-corrected chi connectivity index (χ4v) is 2.82. The second-order valence-corrected chi connectivity index (χ2v) is 6.17. The Morgan fingerprint density at radius 3 is 2.64 bits per heavy atom. The maximum atomic E-state index is 13.2. The summed E-state index contributed by atoms with van der Waals surface area (Å²) in [4.78, 5) is 28.2. The van der Waals surface area contributed by atoms with Gasteiger partial charge in [-0.1, -0.05) is 23.7 Å². The third kappa shape index (κ3) is 3.94. The van der Waals surface area contributed by atoms with Crippen LogP contribution < -0.4 is 15.6 Å². The third-order valence-corrected chi connectivity index (χ3v) is 4.09. The second kappa shape index (κ2) is 7.51. The SMILES string of the molecule is COc1ccc(Cl)cc1NC(=O)Cn1c(=O)c(C(F)(F)F)nc2ccccc21. The fraction of sp³-hybridized carbons (Fsp3) is 0.167. The number of halogens is 4. The predicted octanol–water partition coefficient (Wildman–Crippen LogP) is 3.72. The largest absolute Gasteiger partial charge is 0.495 e. The fourth-order valence-electron chi connectivity index (χ4n) is 2.65. The molecule has 28 heavy (non-hydrogen) atoms. The van der Waals surface area contributed by atoms with Gasteiger partial charge in [0.15, 0.2) is 0 Å². The lowest BCUT2D eigenvalue weighted by Gasteiger charge is -2.14. The summed E-state index contributed by atoms with van der Waals surface area (Å²) >= 11 is 5.90. The lowest BCUT2D eigenvalue weighted by molar-refractivity contribution is -0.142. The van der Waals surface area contributed by atoms with Gasteiger partial charge in [-0.05, 0) is 30.3 Å². The van der Waals surface area contributed by atoms with E-state index in [0.29, 0.717) is 10.8 Å². The van der Waals surface area contributed by atoms with Crippen LogP contribution in [0.4, 0.5) is 18.9 Å². The highest BCUT2D eigenvalue weighted by Crippen LogP contribution is 2.28. The minimum atomic E-state index is -4.95. The van der Waals surface area contributed by atoms with E-state index >= 15 is 0 Å². The zero-order valence-corrected chi connectivity index (χ0v) is 15.1. The minimum Gasteiger partial charge on any atom is -0.495 e. The number of amides is 1. The van der Waals surface area contributed by atoms with Crippen molar-refractivity contribution in [1.29, 1.82) is 0 Å². The molecule has 10 heteroatoms. The quantitative estimate of drug-likeness (QED) is 0.710. The van der Waals surface area contributed by atoms with E-state index in [1.807, 2.05) is 0 Å². The van der Waals surface area contributed by atoms with Crippen molar-refractivity contribution in [2.75, 3.05) is 12.4 Å². The molecule has 1 amide bonds. The number of aromatic nitrogens is 2. The van der Waals surface area contributed by atoms with Gasteiger partial charge in [0.25, 0.3) is 5.56 Å². The van der Waals surface area contributed by atoms with Crippen molar-refractivity contribution in [1.82, 2.24) is 9.55 Å². The van der Waals surface area contributed by atoms with Crippen LogP contribution in [-0.2, 0) is 17.5 Å². The van der Waals surface area contributed by atoms with Gasteiger partial charge in [-0.25, -0.2) is 4.98 Å². The van der Waals surface area contributed by atoms with Gasteiger partial charge in [-0.3, -0.25) is 14.2 Å². The van der Waals surface area contributed by atoms with Crippen LogP contribution in [0.3, 0.4) is 0 Å². The average Bonchev–Trinajstić information content (AvgIpc) is 2.63. The van der Waals surface area contributed by atoms with E-state index in [9.17, 15) is 22.8 Å². The summed E-state index contributed by atoms with van der Waals surface area (Å²) in [6.07, 6.45) is -4.95. The van der Waals surface area contributed by atoms with E-state index in [-0.39, 0.29) is 16.7 Å². The van der Waals surface area contributed by atoms with Crippen LogP contribution in [0.2, 0.25) is 5.02 Å². The highest BCUT2D eigenvalue weighted by Gasteiger charge is 2.37. The maximum Gasteiger partial charge on any atom is 0.438 e. The average molecular weight is 412 g/mol. The summed E-state index contributed by atoms with van der Waals surface area (Å²) in [6, 6.07) is 10.3. The van der Waals surface area contributed by atoms with Gasteiger partial charge in [0.05, 0.1) is 23.8 Å². The Kier molecular flexibility index (Phi) is 5.28. The molecule has 6 nitrogen and oxygen atoms in total. The molecule has 0 fully saturated rings. The third-order valence-electron chi connectivity index (χ3n) is 3.86. The summed E-state index contributed by atoms with van der Waals surface area (Å²) in [7, 11) is 1.38. The van der Waals surface area contributed by atoms with Gasteiger partial charge < -0.3 is 10.1 Å². The highest BCUT2D eigenvalue weighted by molar-refractivity contribution is 6.31. The summed E-state index contributed by atoms with van der Waals surface area (Å²) in [5.74, 6) is -0.423. The van der Waals surface area contributed by atoms with Crippen molar-refractivity contribution in [3.63, 3.8) is 0 Å². The Labute approximate surface area is 161 Å². The first-order valence-corrected chi connectivity index (χ1v) is 8.28. The van der Waals surface area contributed by atoms with Crippen molar-refractivity contribution in [3.8, 4) is 5.75 Å². The van der Waals surface area contributed by atoms with Crippen molar-refractivity contribution < 1.29 is 22.7 Å². The molecule has 0 radical (unpaired) electrons. The Balaban J connectivity index is 2.02. The lowest BCUT2D eigenvalue weighted by Crippen LogP contribution is -2.34. The molecule has 0 atom stereocenters. The molecule has 0 spiro atoms. The Hall–Kier alpha value is -3.07. The zero-order valence-electron chi connectivity index (χ0n) is 14.4. The number of alkyl halides is 3. The molecule has 2 aromatic carbocycles. The first-order chi connectivity index (χ1) is 13.2. The molecule has 0 bridgehead atoms. The zero-order chi connectivity index (χ0) is 20.5. The molecule has 0 unspecified atom stereocenters. The topological polar surface area (TPSA) is 73.2 Å².